The summed E-state index contributed by atoms with van der Waals surface area (Å²) in [5, 5.41) is 10.9. The summed E-state index contributed by atoms with van der Waals surface area (Å²) in [5.74, 6) is -0.341. The maximum atomic E-state index is 13.7. The molecule has 0 aromatic heterocycles. The van der Waals surface area contributed by atoms with Crippen molar-refractivity contribution >= 4 is 27.5 Å². The normalized spacial score (nSPS) is 17.4. The van der Waals surface area contributed by atoms with Gasteiger partial charge in [-0.05, 0) is 60.7 Å². The Kier molecular flexibility index (Phi) is 5.98. The molecule has 0 saturated carbocycles. The maximum Gasteiger partial charge on any atom is 0.290 e. The number of benzene rings is 3. The van der Waals surface area contributed by atoms with Crippen molar-refractivity contribution < 1.29 is 27.8 Å². The van der Waals surface area contributed by atoms with Crippen molar-refractivity contribution in [2.75, 3.05) is 13.0 Å². The Hall–Kier alpha value is -3.43. The largest absolute Gasteiger partial charge is 0.502 e. The van der Waals surface area contributed by atoms with Crippen LogP contribution in [0.15, 0.2) is 87.2 Å². The van der Waals surface area contributed by atoms with E-state index in [1.807, 2.05) is 25.3 Å². The molecule has 2 aliphatic heterocycles. The van der Waals surface area contributed by atoms with E-state index >= 15 is 0 Å². The van der Waals surface area contributed by atoms with Crippen LogP contribution in [0.2, 0.25) is 0 Å². The average Bonchev–Trinajstić information content (AvgIpc) is 3.42. The highest BCUT2D eigenvalue weighted by Crippen LogP contribution is 2.44. The summed E-state index contributed by atoms with van der Waals surface area (Å²) in [5.41, 5.74) is 2.21. The van der Waals surface area contributed by atoms with Crippen molar-refractivity contribution in [3.05, 3.63) is 94.1 Å². The predicted octanol–water partition coefficient (Wildman–Crippen LogP) is 4.77. The first-order valence-electron chi connectivity index (χ1n) is 10.9. The van der Waals surface area contributed by atoms with Crippen LogP contribution in [0.3, 0.4) is 0 Å². The highest BCUT2D eigenvalue weighted by molar-refractivity contribution is 7.98. The van der Waals surface area contributed by atoms with Gasteiger partial charge in [0.2, 0.25) is 16.6 Å². The molecule has 2 heterocycles. The van der Waals surface area contributed by atoms with Crippen LogP contribution in [0.25, 0.3) is 0 Å². The molecule has 180 valence electrons. The number of amides is 1. The van der Waals surface area contributed by atoms with E-state index in [1.54, 1.807) is 54.2 Å². The number of hydrogen-bond donors (Lipinski definition) is 1. The zero-order valence-corrected chi connectivity index (χ0v) is 20.7. The Morgan fingerprint density at radius 3 is 2.37 bits per heavy atom. The van der Waals surface area contributed by atoms with Crippen molar-refractivity contribution in [1.29, 1.82) is 0 Å². The lowest BCUT2D eigenvalue weighted by Crippen LogP contribution is -2.30. The zero-order chi connectivity index (χ0) is 24.7. The Bertz CT molecular complexity index is 1430. The van der Waals surface area contributed by atoms with E-state index in [4.69, 9.17) is 9.47 Å². The van der Waals surface area contributed by atoms with Crippen LogP contribution in [-0.2, 0) is 21.2 Å². The van der Waals surface area contributed by atoms with E-state index in [9.17, 15) is 18.3 Å². The van der Waals surface area contributed by atoms with Gasteiger partial charge in [-0.3, -0.25) is 4.79 Å². The lowest BCUT2D eigenvalue weighted by molar-refractivity contribution is -0.130. The topological polar surface area (TPSA) is 93.1 Å². The summed E-state index contributed by atoms with van der Waals surface area (Å²) in [6.07, 6.45) is 1.94. The van der Waals surface area contributed by atoms with Crippen molar-refractivity contribution in [2.24, 2.45) is 0 Å². The van der Waals surface area contributed by atoms with Crippen LogP contribution < -0.4 is 9.47 Å². The lowest BCUT2D eigenvalue weighted by Gasteiger charge is -2.27. The summed E-state index contributed by atoms with van der Waals surface area (Å²) >= 11 is 1.55. The maximum absolute atomic E-state index is 13.7. The van der Waals surface area contributed by atoms with Crippen LogP contribution in [0.1, 0.15) is 22.7 Å². The molecular formula is C26H23NO6S2. The molecule has 0 aliphatic carbocycles. The fourth-order valence-corrected chi connectivity index (χ4v) is 6.32. The molecule has 9 heteroatoms. The Morgan fingerprint density at radius 1 is 1.00 bits per heavy atom. The molecule has 3 aromatic carbocycles. The van der Waals surface area contributed by atoms with Crippen LogP contribution in [-0.4, -0.2) is 37.4 Å². The first-order chi connectivity index (χ1) is 16.8. The summed E-state index contributed by atoms with van der Waals surface area (Å²) in [4.78, 5) is 15.4. The number of carbonyl (C=O) groups excluding carboxylic acids is 1. The second kappa shape index (κ2) is 8.98. The molecule has 1 N–H and O–H groups in total. The van der Waals surface area contributed by atoms with Gasteiger partial charge in [-0.25, -0.2) is 8.42 Å². The van der Waals surface area contributed by atoms with Gasteiger partial charge in [0.05, 0.1) is 10.9 Å². The number of fused-ring (bicyclic) bond motifs is 1. The van der Waals surface area contributed by atoms with Gasteiger partial charge in [0, 0.05) is 11.4 Å². The molecular weight excluding hydrogens is 486 g/mol. The van der Waals surface area contributed by atoms with E-state index < -0.39 is 27.5 Å². The number of rotatable bonds is 6. The number of ether oxygens (including phenoxy) is 2. The van der Waals surface area contributed by atoms with Crippen molar-refractivity contribution in [3.8, 4) is 11.5 Å². The second-order valence-electron chi connectivity index (χ2n) is 8.33. The van der Waals surface area contributed by atoms with Gasteiger partial charge in [0.15, 0.2) is 17.3 Å². The summed E-state index contributed by atoms with van der Waals surface area (Å²) < 4.78 is 38.3. The van der Waals surface area contributed by atoms with Crippen molar-refractivity contribution in [3.63, 3.8) is 0 Å². The Labute approximate surface area is 207 Å². The quantitative estimate of drug-likeness (QED) is 0.479. The summed E-state index contributed by atoms with van der Waals surface area (Å²) in [7, 11) is -4.17. The number of aryl methyl sites for hydroxylation is 1. The highest BCUT2D eigenvalue weighted by Gasteiger charge is 2.46. The molecule has 1 atom stereocenters. The zero-order valence-electron chi connectivity index (χ0n) is 19.1. The van der Waals surface area contributed by atoms with Gasteiger partial charge in [-0.2, -0.15) is 0 Å². The molecule has 5 rings (SSSR count). The average molecular weight is 510 g/mol. The minimum absolute atomic E-state index is 0.0214. The number of aliphatic hydroxyl groups excluding tert-OH is 1. The highest BCUT2D eigenvalue weighted by atomic mass is 32.2. The molecule has 1 amide bonds. The van der Waals surface area contributed by atoms with E-state index in [1.165, 1.54) is 17.0 Å². The van der Waals surface area contributed by atoms with E-state index in [2.05, 4.69) is 0 Å². The number of hydrogen-bond acceptors (Lipinski definition) is 7. The van der Waals surface area contributed by atoms with Gasteiger partial charge in [-0.15, -0.1) is 11.8 Å². The smallest absolute Gasteiger partial charge is 0.290 e. The standard InChI is InChI=1S/C26H23NO6S2/c1-16-3-10-20(11-4-16)35(30,31)25-23(18-6-8-19(34-2)9-7-18)27(26(29)24(25)28)14-17-5-12-21-22(13-17)33-15-32-21/h3-13,23,28H,14-15H2,1-2H3/t23-/m0/s1. The van der Waals surface area contributed by atoms with Crippen LogP contribution in [0, 0.1) is 6.92 Å². The molecule has 3 aromatic rings. The van der Waals surface area contributed by atoms with E-state index in [-0.39, 0.29) is 23.1 Å². The molecule has 0 spiro atoms. The fraction of sp³-hybridized carbons (Fsp3) is 0.192. The fourth-order valence-electron chi connectivity index (χ4n) is 4.26. The number of nitrogens with zero attached hydrogens (tertiary/aromatic N) is 1. The summed E-state index contributed by atoms with van der Waals surface area (Å²) in [6.45, 7) is 2.05. The number of sulfone groups is 1. The molecule has 0 saturated heterocycles. The molecule has 35 heavy (non-hydrogen) atoms. The molecule has 0 unspecified atom stereocenters. The first kappa shape index (κ1) is 23.3. The molecule has 0 bridgehead atoms. The first-order valence-corrected chi connectivity index (χ1v) is 13.6. The SMILES string of the molecule is CSc1ccc([C@H]2C(S(=O)(=O)c3ccc(C)cc3)=C(O)C(=O)N2Cc2ccc3c(c2)OCO3)cc1. The van der Waals surface area contributed by atoms with E-state index in [0.717, 1.165) is 16.0 Å². The minimum Gasteiger partial charge on any atom is -0.502 e. The lowest BCUT2D eigenvalue weighted by atomic mass is 10.1. The monoisotopic (exact) mass is 509 g/mol. The minimum atomic E-state index is -4.17. The summed E-state index contributed by atoms with van der Waals surface area (Å²) in [6, 6.07) is 18.0. The molecule has 0 fully saturated rings. The van der Waals surface area contributed by atoms with E-state index in [0.29, 0.717) is 17.1 Å². The van der Waals surface area contributed by atoms with Crippen LogP contribution in [0.4, 0.5) is 0 Å². The van der Waals surface area contributed by atoms with Gasteiger partial charge < -0.3 is 19.5 Å². The Balaban J connectivity index is 1.60. The van der Waals surface area contributed by atoms with Gasteiger partial charge in [0.1, 0.15) is 4.91 Å². The number of carbonyl (C=O) groups is 1. The molecule has 2 aliphatic rings. The Morgan fingerprint density at radius 2 is 1.69 bits per heavy atom. The van der Waals surface area contributed by atoms with Crippen molar-refractivity contribution in [1.82, 2.24) is 4.90 Å². The third kappa shape index (κ3) is 4.15. The third-order valence-corrected chi connectivity index (χ3v) is 8.73. The van der Waals surface area contributed by atoms with Gasteiger partial charge in [0.25, 0.3) is 5.91 Å². The van der Waals surface area contributed by atoms with Crippen LogP contribution >= 0.6 is 11.8 Å². The van der Waals surface area contributed by atoms with Crippen molar-refractivity contribution in [2.45, 2.75) is 29.3 Å². The predicted molar refractivity (Wildman–Crippen MR) is 132 cm³/mol. The second-order valence-corrected chi connectivity index (χ2v) is 11.1. The number of aliphatic hydroxyl groups is 1. The number of thioether (sulfide) groups is 1. The third-order valence-electron chi connectivity index (χ3n) is 6.10. The molecule has 7 nitrogen and oxygen atoms in total. The van der Waals surface area contributed by atoms with Crippen LogP contribution in [0.5, 0.6) is 11.5 Å². The molecule has 0 radical (unpaired) electrons. The van der Waals surface area contributed by atoms with Gasteiger partial charge in [-0.1, -0.05) is 35.9 Å². The van der Waals surface area contributed by atoms with Gasteiger partial charge >= 0.3 is 0 Å².